The summed E-state index contributed by atoms with van der Waals surface area (Å²) in [5.41, 5.74) is 1.93. The Kier molecular flexibility index (Phi) is 13.3. The third-order valence-electron chi connectivity index (χ3n) is 3.73. The number of carbonyl (C=O) groups is 3. The van der Waals surface area contributed by atoms with Crippen LogP contribution >= 0.6 is 23.2 Å². The van der Waals surface area contributed by atoms with E-state index in [0.717, 1.165) is 17.5 Å². The van der Waals surface area contributed by atoms with Gasteiger partial charge in [0.25, 0.3) is 5.24 Å². The molecule has 0 atom stereocenters. The summed E-state index contributed by atoms with van der Waals surface area (Å²) in [6, 6.07) is 28.1. The van der Waals surface area contributed by atoms with Gasteiger partial charge >= 0.3 is 0 Å². The zero-order valence-corrected chi connectivity index (χ0v) is 18.7. The molecule has 0 spiro atoms. The van der Waals surface area contributed by atoms with E-state index >= 15 is 0 Å². The summed E-state index contributed by atoms with van der Waals surface area (Å²) in [6.07, 6.45) is 1.16. The van der Waals surface area contributed by atoms with Crippen LogP contribution in [-0.4, -0.2) is 22.9 Å². The molecular formula is C25H24Cl2O4. The van der Waals surface area contributed by atoms with Gasteiger partial charge in [0.05, 0.1) is 0 Å². The van der Waals surface area contributed by atoms with E-state index in [4.69, 9.17) is 27.9 Å². The quantitative estimate of drug-likeness (QED) is 0.316. The lowest BCUT2D eigenvalue weighted by Crippen LogP contribution is -2.03. The van der Waals surface area contributed by atoms with Gasteiger partial charge < -0.3 is 4.74 Å². The third-order valence-corrected chi connectivity index (χ3v) is 4.03. The van der Waals surface area contributed by atoms with Crippen molar-refractivity contribution in [3.63, 3.8) is 0 Å². The van der Waals surface area contributed by atoms with Gasteiger partial charge in [-0.3, -0.25) is 14.4 Å². The summed E-state index contributed by atoms with van der Waals surface area (Å²) in [7, 11) is 0. The topological polar surface area (TPSA) is 60.4 Å². The molecule has 0 radical (unpaired) electrons. The third kappa shape index (κ3) is 13.8. The van der Waals surface area contributed by atoms with Crippen LogP contribution < -0.4 is 4.74 Å². The molecule has 0 fully saturated rings. The maximum Gasteiger partial charge on any atom is 0.259 e. The summed E-state index contributed by atoms with van der Waals surface area (Å²) in [4.78, 5) is 31.3. The number of ether oxygens (including phenoxy) is 1. The molecule has 3 aromatic rings. The van der Waals surface area contributed by atoms with Gasteiger partial charge in [-0.25, -0.2) is 0 Å². The molecule has 0 saturated carbocycles. The molecule has 0 amide bonds. The maximum atomic E-state index is 10.6. The number of para-hydroxylation sites is 1. The van der Waals surface area contributed by atoms with Gasteiger partial charge in [-0.05, 0) is 54.2 Å². The first-order valence-electron chi connectivity index (χ1n) is 9.53. The molecule has 31 heavy (non-hydrogen) atoms. The fourth-order valence-electron chi connectivity index (χ4n) is 2.22. The summed E-state index contributed by atoms with van der Waals surface area (Å²) < 4.78 is 4.99. The lowest BCUT2D eigenvalue weighted by molar-refractivity contribution is -0.113. The Hall–Kier alpha value is -2.95. The summed E-state index contributed by atoms with van der Waals surface area (Å²) in [5.74, 6) is 0.775. The first kappa shape index (κ1) is 26.1. The van der Waals surface area contributed by atoms with Crippen molar-refractivity contribution in [3.05, 3.63) is 102 Å². The van der Waals surface area contributed by atoms with Gasteiger partial charge in [0.15, 0.2) is 12.4 Å². The van der Waals surface area contributed by atoms with Gasteiger partial charge in [0.1, 0.15) is 5.75 Å². The van der Waals surface area contributed by atoms with E-state index in [0.29, 0.717) is 12.2 Å². The normalized spacial score (nSPS) is 9.26. The van der Waals surface area contributed by atoms with Crippen LogP contribution in [-0.2, 0) is 16.0 Å². The highest BCUT2D eigenvalue weighted by Crippen LogP contribution is 2.08. The number of hydrogen-bond acceptors (Lipinski definition) is 4. The van der Waals surface area contributed by atoms with E-state index in [1.165, 1.54) is 0 Å². The number of halogens is 2. The van der Waals surface area contributed by atoms with Crippen molar-refractivity contribution < 1.29 is 19.1 Å². The lowest BCUT2D eigenvalue weighted by atomic mass is 10.1. The largest absolute Gasteiger partial charge is 0.484 e. The molecule has 0 unspecified atom stereocenters. The van der Waals surface area contributed by atoms with E-state index in [1.807, 2.05) is 78.9 Å². The number of hydrogen-bond donors (Lipinski definition) is 0. The Morgan fingerprint density at radius 2 is 1.19 bits per heavy atom. The van der Waals surface area contributed by atoms with Crippen molar-refractivity contribution in [1.29, 1.82) is 0 Å². The second kappa shape index (κ2) is 15.8. The Morgan fingerprint density at radius 3 is 1.61 bits per heavy atom. The fraction of sp³-hybridized carbons (Fsp3) is 0.160. The number of benzene rings is 3. The van der Waals surface area contributed by atoms with E-state index in [-0.39, 0.29) is 17.6 Å². The average Bonchev–Trinajstić information content (AvgIpc) is 2.79. The van der Waals surface area contributed by atoms with Crippen LogP contribution in [0.15, 0.2) is 91.0 Å². The van der Waals surface area contributed by atoms with Crippen molar-refractivity contribution in [3.8, 4) is 5.75 Å². The van der Waals surface area contributed by atoms with Gasteiger partial charge in [0, 0.05) is 12.0 Å². The summed E-state index contributed by atoms with van der Waals surface area (Å²) in [5, 5.41) is -0.761. The fourth-order valence-corrected chi connectivity index (χ4v) is 2.37. The molecule has 6 heteroatoms. The molecule has 0 N–H and O–H groups in total. The molecule has 162 valence electrons. The average molecular weight is 459 g/mol. The van der Waals surface area contributed by atoms with E-state index < -0.39 is 5.24 Å². The highest BCUT2D eigenvalue weighted by atomic mass is 35.5. The Morgan fingerprint density at radius 1 is 0.710 bits per heavy atom. The zero-order valence-electron chi connectivity index (χ0n) is 17.2. The standard InChI is InChI=1S/C9H9ClO.C8H7ClO2.C8H8O/c10-9(11)7-6-8-4-2-1-3-5-8;9-8(10)6-11-7-4-2-1-3-5-7;1-7(9)8-5-3-2-4-6-8/h1-5H,6-7H2;1-5H,6H2;2-6H,1H3. The zero-order chi connectivity index (χ0) is 22.9. The molecule has 0 aliphatic rings. The molecule has 3 rings (SSSR count). The first-order valence-corrected chi connectivity index (χ1v) is 10.3. The smallest absolute Gasteiger partial charge is 0.259 e. The number of ketones is 1. The summed E-state index contributed by atoms with van der Waals surface area (Å²) >= 11 is 10.3. The summed E-state index contributed by atoms with van der Waals surface area (Å²) in [6.45, 7) is 1.49. The first-order chi connectivity index (χ1) is 14.9. The molecule has 0 aromatic heterocycles. The minimum atomic E-state index is -0.492. The molecular weight excluding hydrogens is 435 g/mol. The minimum Gasteiger partial charge on any atom is -0.484 e. The Bertz CT molecular complexity index is 861. The van der Waals surface area contributed by atoms with Gasteiger partial charge in [-0.2, -0.15) is 0 Å². The van der Waals surface area contributed by atoms with Crippen molar-refractivity contribution >= 4 is 39.5 Å². The number of aryl methyl sites for hydroxylation is 1. The number of Topliss-reactive ketones (excluding diaryl/α,β-unsaturated/α-hetero) is 1. The van der Waals surface area contributed by atoms with Crippen LogP contribution in [0.1, 0.15) is 29.3 Å². The predicted octanol–water partition coefficient (Wildman–Crippen LogP) is 6.10. The van der Waals surface area contributed by atoms with Crippen molar-refractivity contribution in [1.82, 2.24) is 0 Å². The van der Waals surface area contributed by atoms with Crippen molar-refractivity contribution in [2.24, 2.45) is 0 Å². The molecule has 0 saturated heterocycles. The lowest BCUT2D eigenvalue weighted by Gasteiger charge is -2.00. The van der Waals surface area contributed by atoms with Crippen LogP contribution in [0.25, 0.3) is 0 Å². The van der Waals surface area contributed by atoms with Crippen LogP contribution in [0.5, 0.6) is 5.75 Å². The van der Waals surface area contributed by atoms with Crippen molar-refractivity contribution in [2.45, 2.75) is 19.8 Å². The van der Waals surface area contributed by atoms with E-state index in [2.05, 4.69) is 0 Å². The SMILES string of the molecule is CC(=O)c1ccccc1.O=C(Cl)CCc1ccccc1.O=C(Cl)COc1ccccc1. The molecule has 0 aliphatic carbocycles. The van der Waals surface area contributed by atoms with Gasteiger partial charge in [0.2, 0.25) is 5.24 Å². The molecule has 3 aromatic carbocycles. The highest BCUT2D eigenvalue weighted by molar-refractivity contribution is 6.64. The van der Waals surface area contributed by atoms with Crippen LogP contribution in [0, 0.1) is 0 Å². The van der Waals surface area contributed by atoms with Crippen LogP contribution in [0.3, 0.4) is 0 Å². The molecule has 0 bridgehead atoms. The van der Waals surface area contributed by atoms with Gasteiger partial charge in [-0.15, -0.1) is 0 Å². The maximum absolute atomic E-state index is 10.6. The molecule has 0 heterocycles. The Labute approximate surface area is 192 Å². The number of rotatable bonds is 7. The van der Waals surface area contributed by atoms with E-state index in [9.17, 15) is 14.4 Å². The monoisotopic (exact) mass is 458 g/mol. The second-order valence-corrected chi connectivity index (χ2v) is 7.06. The number of carbonyl (C=O) groups excluding carboxylic acids is 3. The Balaban J connectivity index is 0.000000234. The minimum absolute atomic E-state index is 0.0778. The predicted molar refractivity (Wildman–Crippen MR) is 125 cm³/mol. The molecule has 4 nitrogen and oxygen atoms in total. The van der Waals surface area contributed by atoms with Crippen molar-refractivity contribution in [2.75, 3.05) is 6.61 Å². The second-order valence-electron chi connectivity index (χ2n) is 6.22. The van der Waals surface area contributed by atoms with Gasteiger partial charge in [-0.1, -0.05) is 78.9 Å². The van der Waals surface area contributed by atoms with Crippen LogP contribution in [0.2, 0.25) is 0 Å². The highest BCUT2D eigenvalue weighted by Gasteiger charge is 1.97. The van der Waals surface area contributed by atoms with Crippen LogP contribution in [0.4, 0.5) is 0 Å². The molecule has 0 aliphatic heterocycles. The van der Waals surface area contributed by atoms with E-state index in [1.54, 1.807) is 19.1 Å².